The molecule has 1 aromatic carbocycles. The molecule has 0 bridgehead atoms. The molecule has 27 heavy (non-hydrogen) atoms. The minimum Gasteiger partial charge on any atom is -0.491 e. The zero-order valence-electron chi connectivity index (χ0n) is 15.5. The Morgan fingerprint density at radius 3 is 2.70 bits per heavy atom. The molecule has 0 saturated carbocycles. The maximum Gasteiger partial charge on any atom is 0.321 e. The number of sulfonamides is 1. The first-order valence-electron chi connectivity index (χ1n) is 9.27. The van der Waals surface area contributed by atoms with Gasteiger partial charge in [0.05, 0.1) is 12.4 Å². The summed E-state index contributed by atoms with van der Waals surface area (Å²) in [5, 5.41) is 2.85. The average molecular weight is 397 g/mol. The molecule has 3 rings (SSSR count). The van der Waals surface area contributed by atoms with Crippen molar-refractivity contribution < 1.29 is 22.7 Å². The van der Waals surface area contributed by atoms with E-state index in [0.29, 0.717) is 25.4 Å². The number of hydrogen-bond acceptors (Lipinski definition) is 5. The van der Waals surface area contributed by atoms with E-state index in [1.807, 2.05) is 12.1 Å². The molecule has 2 heterocycles. The first kappa shape index (κ1) is 19.9. The molecule has 8 nitrogen and oxygen atoms in total. The topological polar surface area (TPSA) is 97.0 Å². The molecule has 2 aliphatic heterocycles. The smallest absolute Gasteiger partial charge is 0.321 e. The van der Waals surface area contributed by atoms with Crippen LogP contribution in [-0.4, -0.2) is 64.1 Å². The Labute approximate surface area is 160 Å². The lowest BCUT2D eigenvalue weighted by Gasteiger charge is -2.32. The second-order valence-corrected chi connectivity index (χ2v) is 8.86. The minimum absolute atomic E-state index is 0.164. The first-order valence-corrected chi connectivity index (χ1v) is 11.2. The molecule has 2 saturated heterocycles. The first-order chi connectivity index (χ1) is 12.9. The summed E-state index contributed by atoms with van der Waals surface area (Å²) >= 11 is 0. The Balaban J connectivity index is 1.48. The van der Waals surface area contributed by atoms with E-state index < -0.39 is 10.0 Å². The van der Waals surface area contributed by atoms with Crippen molar-refractivity contribution >= 4 is 21.7 Å². The molecular formula is C18H27N3O5S. The molecule has 0 radical (unpaired) electrons. The van der Waals surface area contributed by atoms with Crippen LogP contribution in [0, 0.1) is 0 Å². The fourth-order valence-corrected chi connectivity index (χ4v) is 4.16. The van der Waals surface area contributed by atoms with Crippen LogP contribution in [0.2, 0.25) is 0 Å². The third kappa shape index (κ3) is 6.37. The van der Waals surface area contributed by atoms with Crippen LogP contribution in [0.25, 0.3) is 0 Å². The Morgan fingerprint density at radius 1 is 1.26 bits per heavy atom. The van der Waals surface area contributed by atoms with Crippen LogP contribution in [0.5, 0.6) is 5.75 Å². The van der Waals surface area contributed by atoms with Gasteiger partial charge in [0.1, 0.15) is 12.4 Å². The largest absolute Gasteiger partial charge is 0.491 e. The zero-order chi connectivity index (χ0) is 19.3. The molecule has 0 aromatic heterocycles. The summed E-state index contributed by atoms with van der Waals surface area (Å²) in [5.41, 5.74) is 0.669. The van der Waals surface area contributed by atoms with E-state index in [1.54, 1.807) is 17.0 Å². The van der Waals surface area contributed by atoms with Gasteiger partial charge in [0, 0.05) is 31.4 Å². The third-order valence-electron chi connectivity index (χ3n) is 4.65. The van der Waals surface area contributed by atoms with Gasteiger partial charge in [0.25, 0.3) is 0 Å². The molecule has 2 atom stereocenters. The van der Waals surface area contributed by atoms with E-state index in [4.69, 9.17) is 9.47 Å². The van der Waals surface area contributed by atoms with E-state index in [1.165, 1.54) is 0 Å². The molecule has 1 aromatic rings. The number of hydrogen-bond donors (Lipinski definition) is 2. The Hall–Kier alpha value is -1.84. The number of amides is 2. The number of nitrogens with one attached hydrogen (secondary N) is 2. The fourth-order valence-electron chi connectivity index (χ4n) is 3.36. The minimum atomic E-state index is -3.28. The standard InChI is InChI=1S/C18H27N3O5S/c1-27(23,24)20-15-4-2-10-21(12-15)18(22)19-14-6-8-16(9-7-14)26-13-17-5-3-11-25-17/h6-9,15,17,20H,2-5,10-13H2,1H3,(H,19,22)/t15-,17-/m0/s1. The molecule has 9 heteroatoms. The predicted molar refractivity (Wildman–Crippen MR) is 103 cm³/mol. The van der Waals surface area contributed by atoms with Gasteiger partial charge in [0.2, 0.25) is 10.0 Å². The Bertz CT molecular complexity index is 732. The number of urea groups is 1. The second kappa shape index (κ2) is 8.90. The van der Waals surface area contributed by atoms with Crippen molar-refractivity contribution in [2.24, 2.45) is 0 Å². The van der Waals surface area contributed by atoms with Gasteiger partial charge in [-0.3, -0.25) is 0 Å². The van der Waals surface area contributed by atoms with Gasteiger partial charge in [-0.15, -0.1) is 0 Å². The molecule has 0 aliphatic carbocycles. The van der Waals surface area contributed by atoms with Crippen molar-refractivity contribution in [3.63, 3.8) is 0 Å². The van der Waals surface area contributed by atoms with Gasteiger partial charge in [-0.1, -0.05) is 0 Å². The van der Waals surface area contributed by atoms with Crippen LogP contribution in [0.1, 0.15) is 25.7 Å². The van der Waals surface area contributed by atoms with Crippen LogP contribution in [0.3, 0.4) is 0 Å². The van der Waals surface area contributed by atoms with E-state index in [2.05, 4.69) is 10.0 Å². The predicted octanol–water partition coefficient (Wildman–Crippen LogP) is 1.79. The summed E-state index contributed by atoms with van der Waals surface area (Å²) < 4.78 is 36.6. The van der Waals surface area contributed by atoms with Crippen molar-refractivity contribution in [3.8, 4) is 5.75 Å². The number of piperidine rings is 1. The molecular weight excluding hydrogens is 370 g/mol. The number of rotatable bonds is 6. The van der Waals surface area contributed by atoms with Crippen LogP contribution >= 0.6 is 0 Å². The number of likely N-dealkylation sites (tertiary alicyclic amines) is 1. The zero-order valence-corrected chi connectivity index (χ0v) is 16.3. The molecule has 2 aliphatic rings. The number of carbonyl (C=O) groups excluding carboxylic acids is 1. The highest BCUT2D eigenvalue weighted by Gasteiger charge is 2.25. The summed E-state index contributed by atoms with van der Waals surface area (Å²) in [6.45, 7) is 2.31. The number of ether oxygens (including phenoxy) is 2. The molecule has 150 valence electrons. The normalized spacial score (nSPS) is 23.2. The van der Waals surface area contributed by atoms with Gasteiger partial charge in [0.15, 0.2) is 0 Å². The number of benzene rings is 1. The lowest BCUT2D eigenvalue weighted by molar-refractivity contribution is 0.0679. The van der Waals surface area contributed by atoms with E-state index in [9.17, 15) is 13.2 Å². The number of anilines is 1. The fraction of sp³-hybridized carbons (Fsp3) is 0.611. The van der Waals surface area contributed by atoms with E-state index in [0.717, 1.165) is 44.3 Å². The summed E-state index contributed by atoms with van der Waals surface area (Å²) in [6.07, 6.45) is 4.89. The lowest BCUT2D eigenvalue weighted by Crippen LogP contribution is -2.50. The third-order valence-corrected chi connectivity index (χ3v) is 5.42. The maximum atomic E-state index is 12.5. The average Bonchev–Trinajstić information content (AvgIpc) is 3.13. The van der Waals surface area contributed by atoms with Crippen molar-refractivity contribution in [3.05, 3.63) is 24.3 Å². The summed E-state index contributed by atoms with van der Waals surface area (Å²) in [5.74, 6) is 0.735. The molecule has 2 fully saturated rings. The highest BCUT2D eigenvalue weighted by Crippen LogP contribution is 2.19. The van der Waals surface area contributed by atoms with Gasteiger partial charge in [-0.05, 0) is 49.9 Å². The van der Waals surface area contributed by atoms with Gasteiger partial charge >= 0.3 is 6.03 Å². The maximum absolute atomic E-state index is 12.5. The summed E-state index contributed by atoms with van der Waals surface area (Å²) in [6, 6.07) is 6.73. The van der Waals surface area contributed by atoms with Crippen LogP contribution in [0.4, 0.5) is 10.5 Å². The van der Waals surface area contributed by atoms with Crippen molar-refractivity contribution in [2.75, 3.05) is 37.9 Å². The SMILES string of the molecule is CS(=O)(=O)N[C@H]1CCCN(C(=O)Nc2ccc(OC[C@@H]3CCCO3)cc2)C1. The molecule has 0 unspecified atom stereocenters. The summed E-state index contributed by atoms with van der Waals surface area (Å²) in [7, 11) is -3.28. The molecule has 0 spiro atoms. The molecule has 2 amide bonds. The monoisotopic (exact) mass is 397 g/mol. The Morgan fingerprint density at radius 2 is 2.04 bits per heavy atom. The highest BCUT2D eigenvalue weighted by atomic mass is 32.2. The molecule has 2 N–H and O–H groups in total. The van der Waals surface area contributed by atoms with Crippen LogP contribution < -0.4 is 14.8 Å². The summed E-state index contributed by atoms with van der Waals surface area (Å²) in [4.78, 5) is 14.1. The number of nitrogens with zero attached hydrogens (tertiary/aromatic N) is 1. The quantitative estimate of drug-likeness (QED) is 0.763. The Kier molecular flexibility index (Phi) is 6.56. The van der Waals surface area contributed by atoms with E-state index >= 15 is 0 Å². The highest BCUT2D eigenvalue weighted by molar-refractivity contribution is 7.88. The van der Waals surface area contributed by atoms with Crippen molar-refractivity contribution in [2.45, 2.75) is 37.8 Å². The number of carbonyl (C=O) groups is 1. The van der Waals surface area contributed by atoms with Gasteiger partial charge in [-0.25, -0.2) is 17.9 Å². The van der Waals surface area contributed by atoms with Crippen LogP contribution in [0.15, 0.2) is 24.3 Å². The van der Waals surface area contributed by atoms with Gasteiger partial charge < -0.3 is 19.7 Å². The van der Waals surface area contributed by atoms with Crippen molar-refractivity contribution in [1.82, 2.24) is 9.62 Å². The van der Waals surface area contributed by atoms with E-state index in [-0.39, 0.29) is 18.2 Å². The van der Waals surface area contributed by atoms with Crippen molar-refractivity contribution in [1.29, 1.82) is 0 Å². The van der Waals surface area contributed by atoms with Crippen LogP contribution in [-0.2, 0) is 14.8 Å². The lowest BCUT2D eigenvalue weighted by atomic mass is 10.1. The van der Waals surface area contributed by atoms with Gasteiger partial charge in [-0.2, -0.15) is 0 Å². The second-order valence-electron chi connectivity index (χ2n) is 7.08.